The van der Waals surface area contributed by atoms with Crippen molar-refractivity contribution in [3.05, 3.63) is 274 Å². The summed E-state index contributed by atoms with van der Waals surface area (Å²) in [7, 11) is -1.28. The van der Waals surface area contributed by atoms with Gasteiger partial charge in [0, 0.05) is 77.7 Å². The number of nitrogens with zero attached hydrogens (tertiary/aromatic N) is 4. The molecule has 82 heavy (non-hydrogen) atoms. The van der Waals surface area contributed by atoms with Crippen LogP contribution in [0, 0.1) is 13.8 Å². The van der Waals surface area contributed by atoms with Crippen molar-refractivity contribution in [1.29, 1.82) is 0 Å². The summed E-state index contributed by atoms with van der Waals surface area (Å²) in [6.45, 7) is 17.1. The van der Waals surface area contributed by atoms with Crippen LogP contribution in [-0.4, -0.2) is 33.8 Å². The van der Waals surface area contributed by atoms with Gasteiger partial charge in [-0.1, -0.05) is 193 Å². The Morgan fingerprint density at radius 1 is 0.463 bits per heavy atom. The first kappa shape index (κ1) is 52.1. The molecule has 0 atom stereocenters. The number of aromatic nitrogens is 3. The molecule has 5 nitrogen and oxygen atoms in total. The van der Waals surface area contributed by atoms with E-state index in [0.717, 1.165) is 99.7 Å². The minimum absolute atomic E-state index is 0.105. The van der Waals surface area contributed by atoms with Crippen molar-refractivity contribution in [3.63, 3.8) is 0 Å². The van der Waals surface area contributed by atoms with Crippen molar-refractivity contribution in [2.24, 2.45) is 4.99 Å². The highest BCUT2D eigenvalue weighted by molar-refractivity contribution is 6.44. The minimum Gasteiger partial charge on any atom is -0.496 e. The predicted octanol–water partition coefficient (Wildman–Crippen LogP) is 19.2. The molecular formula is C74H63BF2N4O. The Hall–Kier alpha value is -9.27. The van der Waals surface area contributed by atoms with Gasteiger partial charge in [0.05, 0.1) is 40.6 Å². The molecule has 4 heterocycles. The standard InChI is InChI=1S/C74H63BF2N4O/c1-46-66(50-36-42-63-59(44-50)56-26-16-19-29-61(56)79(63)54-22-12-10-13-23-54)47(2)81(75(76)77)72(46)69(58-28-18-21-31-65(58)82-9)71-67(48-32-38-52(39-33-48)73(3,4)5)68(70(78-71)49-34-40-53(41-35-49)74(6,7)8)51-37-43-64-60(45-51)57-27-17-20-30-62(57)80(64)55-24-14-11-15-25-55/h10-45H,1-9H3/b71-69-. The van der Waals surface area contributed by atoms with E-state index in [1.165, 1.54) is 15.6 Å². The lowest BCUT2D eigenvalue weighted by Gasteiger charge is -2.21. The van der Waals surface area contributed by atoms with Gasteiger partial charge in [0.2, 0.25) is 0 Å². The third-order valence-electron chi connectivity index (χ3n) is 16.7. The molecule has 0 bridgehead atoms. The second kappa shape index (κ2) is 20.1. The Morgan fingerprint density at radius 3 is 1.44 bits per heavy atom. The van der Waals surface area contributed by atoms with E-state index in [4.69, 9.17) is 9.73 Å². The van der Waals surface area contributed by atoms with Crippen LogP contribution in [0.15, 0.2) is 229 Å². The Bertz CT molecular complexity index is 4580. The molecule has 3 aromatic heterocycles. The minimum atomic E-state index is -2.92. The zero-order valence-corrected chi connectivity index (χ0v) is 47.8. The molecule has 13 rings (SSSR count). The number of para-hydroxylation sites is 5. The Balaban J connectivity index is 1.16. The Labute approximate surface area is 479 Å². The highest BCUT2D eigenvalue weighted by atomic mass is 19.2. The number of allylic oxidation sites excluding steroid dienone is 2. The van der Waals surface area contributed by atoms with E-state index in [-0.39, 0.29) is 10.8 Å². The monoisotopic (exact) mass is 1070 g/mol. The molecule has 0 spiro atoms. The van der Waals surface area contributed by atoms with Gasteiger partial charge in [-0.05, 0) is 125 Å². The van der Waals surface area contributed by atoms with Crippen LogP contribution in [0.4, 0.5) is 8.63 Å². The average Bonchev–Trinajstić information content (AvgIpc) is 3.48. The number of aliphatic imine (C=N–C) groups is 1. The lowest BCUT2D eigenvalue weighted by Crippen LogP contribution is -2.18. The van der Waals surface area contributed by atoms with E-state index in [0.29, 0.717) is 39.5 Å². The Kier molecular flexibility index (Phi) is 12.8. The predicted molar refractivity (Wildman–Crippen MR) is 340 cm³/mol. The van der Waals surface area contributed by atoms with Gasteiger partial charge in [0.25, 0.3) is 0 Å². The third-order valence-corrected chi connectivity index (χ3v) is 16.7. The molecule has 1 aliphatic heterocycles. The molecule has 0 amide bonds. The summed E-state index contributed by atoms with van der Waals surface area (Å²) in [4.78, 5) is 5.92. The second-order valence-electron chi connectivity index (χ2n) is 23.7. The van der Waals surface area contributed by atoms with E-state index in [1.807, 2.05) is 62.4 Å². The molecule has 0 fully saturated rings. The molecule has 0 unspecified atom stereocenters. The van der Waals surface area contributed by atoms with Crippen LogP contribution < -0.4 is 4.74 Å². The number of hydrogen-bond acceptors (Lipinski definition) is 2. The molecule has 0 radical (unpaired) electrons. The first-order chi connectivity index (χ1) is 39.6. The number of methoxy groups -OCH3 is 1. The lowest BCUT2D eigenvalue weighted by molar-refractivity contribution is 0.413. The van der Waals surface area contributed by atoms with E-state index in [1.54, 1.807) is 7.11 Å². The summed E-state index contributed by atoms with van der Waals surface area (Å²) in [6.07, 6.45) is 0. The molecular weight excluding hydrogens is 1010 g/mol. The number of rotatable bonds is 10. The maximum atomic E-state index is 16.8. The largest absolute Gasteiger partial charge is 0.677 e. The highest BCUT2D eigenvalue weighted by Crippen LogP contribution is 2.51. The summed E-state index contributed by atoms with van der Waals surface area (Å²) >= 11 is 0. The van der Waals surface area contributed by atoms with E-state index in [2.05, 4.69) is 221 Å². The fraction of sp³-hybridized carbons (Fsp3) is 0.149. The Morgan fingerprint density at radius 2 is 0.915 bits per heavy atom. The van der Waals surface area contributed by atoms with Crippen LogP contribution >= 0.6 is 0 Å². The van der Waals surface area contributed by atoms with Crippen molar-refractivity contribution >= 4 is 73.4 Å². The summed E-state index contributed by atoms with van der Waals surface area (Å²) in [5, 5.41) is 4.32. The van der Waals surface area contributed by atoms with Gasteiger partial charge in [-0.3, -0.25) is 8.63 Å². The average molecular weight is 1070 g/mol. The summed E-state index contributed by atoms with van der Waals surface area (Å²) in [5.74, 6) is 0.540. The molecule has 8 heteroatoms. The van der Waals surface area contributed by atoms with Crippen LogP contribution in [0.3, 0.4) is 0 Å². The normalized spacial score (nSPS) is 13.7. The van der Waals surface area contributed by atoms with Crippen LogP contribution in [-0.2, 0) is 10.8 Å². The van der Waals surface area contributed by atoms with Gasteiger partial charge in [-0.2, -0.15) is 0 Å². The topological polar surface area (TPSA) is 36.4 Å². The van der Waals surface area contributed by atoms with Gasteiger partial charge in [-0.15, -0.1) is 0 Å². The van der Waals surface area contributed by atoms with Crippen LogP contribution in [0.25, 0.3) is 82.8 Å². The third kappa shape index (κ3) is 8.62. The van der Waals surface area contributed by atoms with Gasteiger partial charge in [0.1, 0.15) is 5.75 Å². The lowest BCUT2D eigenvalue weighted by atomic mass is 9.83. The number of fused-ring (bicyclic) bond motifs is 6. The second-order valence-corrected chi connectivity index (χ2v) is 23.7. The van der Waals surface area contributed by atoms with E-state index >= 15 is 8.63 Å². The van der Waals surface area contributed by atoms with E-state index in [9.17, 15) is 0 Å². The van der Waals surface area contributed by atoms with Crippen LogP contribution in [0.2, 0.25) is 0 Å². The first-order valence-corrected chi connectivity index (χ1v) is 28.2. The summed E-state index contributed by atoms with van der Waals surface area (Å²) in [6, 6.07) is 76.3. The number of hydrogen-bond donors (Lipinski definition) is 0. The van der Waals surface area contributed by atoms with Crippen molar-refractivity contribution in [2.45, 2.75) is 66.2 Å². The molecule has 402 valence electrons. The number of halogens is 2. The molecule has 0 saturated heterocycles. The maximum absolute atomic E-state index is 16.8. The van der Waals surface area contributed by atoms with E-state index < -0.39 is 7.40 Å². The molecule has 1 aliphatic rings. The maximum Gasteiger partial charge on any atom is 0.677 e. The van der Waals surface area contributed by atoms with Crippen molar-refractivity contribution in [2.75, 3.05) is 7.11 Å². The zero-order valence-electron chi connectivity index (χ0n) is 47.8. The number of benzene rings is 9. The smallest absolute Gasteiger partial charge is 0.496 e. The summed E-state index contributed by atoms with van der Waals surface area (Å²) < 4.78 is 45.8. The fourth-order valence-corrected chi connectivity index (χ4v) is 12.7. The van der Waals surface area contributed by atoms with Gasteiger partial charge >= 0.3 is 7.40 Å². The van der Waals surface area contributed by atoms with Crippen molar-refractivity contribution < 1.29 is 13.4 Å². The number of ether oxygens (including phenoxy) is 1. The molecule has 9 aromatic carbocycles. The quantitative estimate of drug-likeness (QED) is 0.126. The molecule has 0 N–H and O–H groups in total. The van der Waals surface area contributed by atoms with Crippen LogP contribution in [0.1, 0.15) is 91.9 Å². The zero-order chi connectivity index (χ0) is 56.8. The van der Waals surface area contributed by atoms with Gasteiger partial charge in [-0.25, -0.2) is 4.99 Å². The van der Waals surface area contributed by atoms with Gasteiger partial charge in [0.15, 0.2) is 0 Å². The fourth-order valence-electron chi connectivity index (χ4n) is 12.7. The van der Waals surface area contributed by atoms with Crippen molar-refractivity contribution in [1.82, 2.24) is 13.6 Å². The summed E-state index contributed by atoms with van der Waals surface area (Å²) in [5.41, 5.74) is 18.6. The van der Waals surface area contributed by atoms with Gasteiger partial charge < -0.3 is 18.3 Å². The van der Waals surface area contributed by atoms with Crippen LogP contribution in [0.5, 0.6) is 5.75 Å². The molecule has 0 aliphatic carbocycles. The first-order valence-electron chi connectivity index (χ1n) is 28.2. The SMILES string of the molecule is COc1ccccc1/C(=C1/N=C(c2ccc(C(C)(C)C)cc2)C(c2ccc3c(c2)c2ccccc2n3-c2ccccc2)=C1c1ccc(C(C)(C)C)cc1)c1c(C)c(-c2ccc3c(c2)c2ccccc2n3-c2ccccc2)c(C)n1B(F)F. The molecule has 0 saturated carbocycles. The van der Waals surface area contributed by atoms with Crippen molar-refractivity contribution in [3.8, 4) is 28.3 Å². The molecule has 12 aromatic rings. The highest BCUT2D eigenvalue weighted by Gasteiger charge is 2.37.